The molecule has 1 amide bonds. The van der Waals surface area contributed by atoms with Gasteiger partial charge in [0.25, 0.3) is 0 Å². The molecule has 0 spiro atoms. The summed E-state index contributed by atoms with van der Waals surface area (Å²) < 4.78 is 10.9. The van der Waals surface area contributed by atoms with Crippen molar-refractivity contribution in [1.29, 1.82) is 0 Å². The largest absolute Gasteiger partial charge is 0.497 e. The Morgan fingerprint density at radius 3 is 2.48 bits per heavy atom. The summed E-state index contributed by atoms with van der Waals surface area (Å²) in [6, 6.07) is 8.22. The Kier molecular flexibility index (Phi) is 7.55. The number of carbonyl (C=O) groups is 1. The maximum absolute atomic E-state index is 12.9. The van der Waals surface area contributed by atoms with Gasteiger partial charge in [0.2, 0.25) is 5.91 Å². The number of nitrogens with one attached hydrogen (secondary N) is 1. The van der Waals surface area contributed by atoms with Crippen LogP contribution in [0.25, 0.3) is 0 Å². The van der Waals surface area contributed by atoms with Gasteiger partial charge >= 0.3 is 0 Å². The van der Waals surface area contributed by atoms with Crippen molar-refractivity contribution in [3.63, 3.8) is 0 Å². The first kappa shape index (κ1) is 22.0. The molecule has 27 heavy (non-hydrogen) atoms. The number of rotatable bonds is 5. The van der Waals surface area contributed by atoms with Gasteiger partial charge < -0.3 is 20.5 Å². The lowest BCUT2D eigenvalue weighted by Crippen LogP contribution is -2.54. The van der Waals surface area contributed by atoms with E-state index in [4.69, 9.17) is 15.2 Å². The van der Waals surface area contributed by atoms with E-state index in [1.165, 1.54) is 5.56 Å². The van der Waals surface area contributed by atoms with Crippen LogP contribution in [0.5, 0.6) is 5.75 Å². The number of amides is 1. The minimum Gasteiger partial charge on any atom is -0.497 e. The highest BCUT2D eigenvalue weighted by molar-refractivity contribution is 5.85. The van der Waals surface area contributed by atoms with Crippen molar-refractivity contribution in [3.8, 4) is 5.75 Å². The maximum atomic E-state index is 12.9. The van der Waals surface area contributed by atoms with Gasteiger partial charge in [-0.25, -0.2) is 0 Å². The molecule has 2 unspecified atom stereocenters. The van der Waals surface area contributed by atoms with E-state index >= 15 is 0 Å². The smallest absolute Gasteiger partial charge is 0.224 e. The maximum Gasteiger partial charge on any atom is 0.224 e. The molecule has 0 bridgehead atoms. The zero-order valence-corrected chi connectivity index (χ0v) is 17.3. The molecule has 1 aliphatic carbocycles. The van der Waals surface area contributed by atoms with Crippen LogP contribution >= 0.6 is 12.4 Å². The average molecular weight is 397 g/mol. The third-order valence-electron chi connectivity index (χ3n) is 6.32. The second-order valence-electron chi connectivity index (χ2n) is 8.14. The Balaban J connectivity index is 0.00000261. The first-order chi connectivity index (χ1) is 12.5. The lowest BCUT2D eigenvalue weighted by atomic mass is 9.72. The van der Waals surface area contributed by atoms with Crippen LogP contribution in [-0.4, -0.2) is 38.3 Å². The van der Waals surface area contributed by atoms with Crippen LogP contribution < -0.4 is 15.8 Å². The molecular weight excluding hydrogens is 364 g/mol. The Morgan fingerprint density at radius 1 is 1.22 bits per heavy atom. The molecule has 3 N–H and O–H groups in total. The van der Waals surface area contributed by atoms with Crippen LogP contribution in [0.2, 0.25) is 0 Å². The van der Waals surface area contributed by atoms with E-state index in [-0.39, 0.29) is 29.6 Å². The highest BCUT2D eigenvalue weighted by atomic mass is 35.5. The molecule has 2 fully saturated rings. The molecule has 1 aromatic rings. The standard InChI is InChI=1S/C21H32N2O3.ClH/c1-20(22)10-4-3-5-18(20)19(24)23-15-21(11-13-26-14-12-21)16-6-8-17(25-2)9-7-16;/h6-9,18H,3-5,10-15,22H2,1-2H3,(H,23,24);1H. The monoisotopic (exact) mass is 396 g/mol. The quantitative estimate of drug-likeness (QED) is 0.801. The van der Waals surface area contributed by atoms with Gasteiger partial charge in [0.15, 0.2) is 0 Å². The molecule has 1 heterocycles. The van der Waals surface area contributed by atoms with Crippen molar-refractivity contribution in [2.24, 2.45) is 11.7 Å². The number of halogens is 1. The third-order valence-corrected chi connectivity index (χ3v) is 6.32. The SMILES string of the molecule is COc1ccc(C2(CNC(=O)C3CCCCC3(C)N)CCOCC2)cc1.Cl. The lowest BCUT2D eigenvalue weighted by molar-refractivity contribution is -0.128. The van der Waals surface area contributed by atoms with E-state index in [0.29, 0.717) is 6.54 Å². The second-order valence-corrected chi connectivity index (χ2v) is 8.14. The first-order valence-electron chi connectivity index (χ1n) is 9.76. The number of hydrogen-bond donors (Lipinski definition) is 2. The predicted molar refractivity (Wildman–Crippen MR) is 110 cm³/mol. The summed E-state index contributed by atoms with van der Waals surface area (Å²) in [5.74, 6) is 0.860. The lowest BCUT2D eigenvalue weighted by Gasteiger charge is -2.40. The molecule has 6 heteroatoms. The van der Waals surface area contributed by atoms with Crippen molar-refractivity contribution in [2.75, 3.05) is 26.9 Å². The highest BCUT2D eigenvalue weighted by Crippen LogP contribution is 2.36. The number of carbonyl (C=O) groups excluding carboxylic acids is 1. The van der Waals surface area contributed by atoms with Gasteiger partial charge in [-0.15, -0.1) is 12.4 Å². The fraction of sp³-hybridized carbons (Fsp3) is 0.667. The average Bonchev–Trinajstić information content (AvgIpc) is 2.66. The van der Waals surface area contributed by atoms with E-state index in [0.717, 1.165) is 57.5 Å². The summed E-state index contributed by atoms with van der Waals surface area (Å²) in [5, 5.41) is 3.24. The summed E-state index contributed by atoms with van der Waals surface area (Å²) in [7, 11) is 1.67. The minimum atomic E-state index is -0.398. The topological polar surface area (TPSA) is 73.6 Å². The Labute approximate surface area is 168 Å². The van der Waals surface area contributed by atoms with Gasteiger partial charge in [0, 0.05) is 30.7 Å². The molecule has 2 atom stereocenters. The Bertz CT molecular complexity index is 612. The zero-order chi connectivity index (χ0) is 18.6. The first-order valence-corrected chi connectivity index (χ1v) is 9.76. The van der Waals surface area contributed by atoms with Crippen LogP contribution in [0, 0.1) is 5.92 Å². The fourth-order valence-electron chi connectivity index (χ4n) is 4.44. The van der Waals surface area contributed by atoms with Crippen molar-refractivity contribution >= 4 is 18.3 Å². The molecule has 2 aliphatic rings. The summed E-state index contributed by atoms with van der Waals surface area (Å²) in [6.07, 6.45) is 5.82. The minimum absolute atomic E-state index is 0. The normalized spacial score (nSPS) is 27.3. The molecule has 1 saturated carbocycles. The molecule has 152 valence electrons. The summed E-state index contributed by atoms with van der Waals surface area (Å²) in [5.41, 5.74) is 7.17. The van der Waals surface area contributed by atoms with Gasteiger partial charge in [-0.3, -0.25) is 4.79 Å². The number of methoxy groups -OCH3 is 1. The van der Waals surface area contributed by atoms with E-state index in [1.807, 2.05) is 19.1 Å². The molecule has 1 saturated heterocycles. The molecule has 5 nitrogen and oxygen atoms in total. The molecule has 3 rings (SSSR count). The van der Waals surface area contributed by atoms with Gasteiger partial charge in [0.05, 0.1) is 13.0 Å². The van der Waals surface area contributed by atoms with Crippen molar-refractivity contribution in [3.05, 3.63) is 29.8 Å². The fourth-order valence-corrected chi connectivity index (χ4v) is 4.44. The predicted octanol–water partition coefficient (Wildman–Crippen LogP) is 3.19. The third kappa shape index (κ3) is 4.95. The summed E-state index contributed by atoms with van der Waals surface area (Å²) >= 11 is 0. The number of hydrogen-bond acceptors (Lipinski definition) is 4. The molecule has 0 radical (unpaired) electrons. The molecule has 0 aromatic heterocycles. The van der Waals surface area contributed by atoms with Gasteiger partial charge in [-0.2, -0.15) is 0 Å². The molecule has 1 aliphatic heterocycles. The van der Waals surface area contributed by atoms with Crippen molar-refractivity contribution in [1.82, 2.24) is 5.32 Å². The Hall–Kier alpha value is -1.30. The number of benzene rings is 1. The van der Waals surface area contributed by atoms with E-state index in [2.05, 4.69) is 17.4 Å². The van der Waals surface area contributed by atoms with E-state index in [1.54, 1.807) is 7.11 Å². The zero-order valence-electron chi connectivity index (χ0n) is 16.5. The van der Waals surface area contributed by atoms with Gasteiger partial charge in [0.1, 0.15) is 5.75 Å². The van der Waals surface area contributed by atoms with Crippen LogP contribution in [0.1, 0.15) is 51.0 Å². The number of nitrogens with two attached hydrogens (primary N) is 1. The summed E-state index contributed by atoms with van der Waals surface area (Å²) in [4.78, 5) is 12.9. The Morgan fingerprint density at radius 2 is 1.89 bits per heavy atom. The highest BCUT2D eigenvalue weighted by Gasteiger charge is 2.40. The van der Waals surface area contributed by atoms with E-state index in [9.17, 15) is 4.79 Å². The van der Waals surface area contributed by atoms with Crippen LogP contribution in [-0.2, 0) is 14.9 Å². The number of ether oxygens (including phenoxy) is 2. The van der Waals surface area contributed by atoms with Crippen LogP contribution in [0.15, 0.2) is 24.3 Å². The van der Waals surface area contributed by atoms with Crippen LogP contribution in [0.4, 0.5) is 0 Å². The summed E-state index contributed by atoms with van der Waals surface area (Å²) in [6.45, 7) is 4.10. The van der Waals surface area contributed by atoms with Gasteiger partial charge in [-0.05, 0) is 50.3 Å². The van der Waals surface area contributed by atoms with Crippen molar-refractivity contribution in [2.45, 2.75) is 56.4 Å². The van der Waals surface area contributed by atoms with Crippen molar-refractivity contribution < 1.29 is 14.3 Å². The van der Waals surface area contributed by atoms with E-state index < -0.39 is 5.54 Å². The van der Waals surface area contributed by atoms with Gasteiger partial charge in [-0.1, -0.05) is 25.0 Å². The molecule has 1 aromatic carbocycles. The van der Waals surface area contributed by atoms with Crippen LogP contribution in [0.3, 0.4) is 0 Å². The second kappa shape index (κ2) is 9.26. The molecular formula is C21H33ClN2O3.